The largest absolute Gasteiger partial charge is 0.462 e. The van der Waals surface area contributed by atoms with Gasteiger partial charge in [0, 0.05) is 19.3 Å². The van der Waals surface area contributed by atoms with Crippen molar-refractivity contribution in [2.24, 2.45) is 0 Å². The summed E-state index contributed by atoms with van der Waals surface area (Å²) < 4.78 is 16.8. The van der Waals surface area contributed by atoms with E-state index < -0.39 is 6.10 Å². The number of hydrogen-bond acceptors (Lipinski definition) is 6. The van der Waals surface area contributed by atoms with Crippen LogP contribution in [0.4, 0.5) is 0 Å². The van der Waals surface area contributed by atoms with Gasteiger partial charge < -0.3 is 14.2 Å². The summed E-state index contributed by atoms with van der Waals surface area (Å²) in [5.41, 5.74) is 0. The highest BCUT2D eigenvalue weighted by atomic mass is 16.6. The van der Waals surface area contributed by atoms with Crippen molar-refractivity contribution in [1.29, 1.82) is 0 Å². The van der Waals surface area contributed by atoms with Crippen molar-refractivity contribution in [2.45, 2.75) is 284 Å². The predicted octanol–water partition coefficient (Wildman–Crippen LogP) is 18.4. The molecule has 0 aliphatic rings. The summed E-state index contributed by atoms with van der Waals surface area (Å²) in [5.74, 6) is -0.908. The molecule has 376 valence electrons. The van der Waals surface area contributed by atoms with Gasteiger partial charge >= 0.3 is 17.9 Å². The molecule has 6 nitrogen and oxygen atoms in total. The Morgan fingerprint density at radius 3 is 0.892 bits per heavy atom. The second-order valence-corrected chi connectivity index (χ2v) is 18.5. The number of carbonyl (C=O) groups is 3. The van der Waals surface area contributed by atoms with Gasteiger partial charge in [0.2, 0.25) is 0 Å². The Labute approximate surface area is 402 Å². The molecule has 0 aromatic rings. The molecule has 0 radical (unpaired) electrons. The Kier molecular flexibility index (Phi) is 51.3. The number of unbranched alkanes of at least 4 members (excludes halogenated alkanes) is 29. The van der Waals surface area contributed by atoms with E-state index in [9.17, 15) is 14.4 Å². The van der Waals surface area contributed by atoms with Gasteiger partial charge in [-0.3, -0.25) is 14.4 Å². The third-order valence-corrected chi connectivity index (χ3v) is 12.0. The number of esters is 3. The summed E-state index contributed by atoms with van der Waals surface area (Å²) in [4.78, 5) is 38.1. The van der Waals surface area contributed by atoms with Crippen LogP contribution in [0.25, 0.3) is 0 Å². The molecule has 0 saturated carbocycles. The minimum atomic E-state index is -0.788. The van der Waals surface area contributed by atoms with Crippen molar-refractivity contribution in [1.82, 2.24) is 0 Å². The van der Waals surface area contributed by atoms with Gasteiger partial charge in [0.1, 0.15) is 13.2 Å². The molecule has 0 aliphatic heterocycles. The zero-order valence-electron chi connectivity index (χ0n) is 43.0. The van der Waals surface area contributed by atoms with Crippen LogP contribution in [-0.2, 0) is 28.6 Å². The molecular formula is C59H104O6. The monoisotopic (exact) mass is 909 g/mol. The summed E-state index contributed by atoms with van der Waals surface area (Å²) in [6, 6.07) is 0. The molecule has 0 spiro atoms. The molecule has 0 saturated heterocycles. The lowest BCUT2D eigenvalue weighted by Crippen LogP contribution is -2.30. The predicted molar refractivity (Wildman–Crippen MR) is 279 cm³/mol. The van der Waals surface area contributed by atoms with Gasteiger partial charge in [-0.2, -0.15) is 0 Å². The molecule has 6 heteroatoms. The van der Waals surface area contributed by atoms with Crippen LogP contribution in [0, 0.1) is 0 Å². The number of carbonyl (C=O) groups excluding carboxylic acids is 3. The second kappa shape index (κ2) is 53.7. The van der Waals surface area contributed by atoms with E-state index in [-0.39, 0.29) is 31.1 Å². The van der Waals surface area contributed by atoms with Crippen molar-refractivity contribution < 1.29 is 28.6 Å². The van der Waals surface area contributed by atoms with Crippen molar-refractivity contribution in [3.63, 3.8) is 0 Å². The maximum atomic E-state index is 12.8. The average Bonchev–Trinajstić information content (AvgIpc) is 3.30. The lowest BCUT2D eigenvalue weighted by atomic mass is 10.1. The van der Waals surface area contributed by atoms with E-state index in [0.717, 1.165) is 103 Å². The van der Waals surface area contributed by atoms with E-state index in [4.69, 9.17) is 14.2 Å². The Balaban J connectivity index is 4.42. The average molecular weight is 909 g/mol. The van der Waals surface area contributed by atoms with Crippen LogP contribution < -0.4 is 0 Å². The molecule has 0 heterocycles. The van der Waals surface area contributed by atoms with E-state index in [1.54, 1.807) is 0 Å². The van der Waals surface area contributed by atoms with E-state index in [2.05, 4.69) is 81.5 Å². The lowest BCUT2D eigenvalue weighted by molar-refractivity contribution is -0.167. The Morgan fingerprint density at radius 2 is 0.554 bits per heavy atom. The van der Waals surface area contributed by atoms with Crippen LogP contribution in [0.15, 0.2) is 60.8 Å². The van der Waals surface area contributed by atoms with Crippen molar-refractivity contribution in [3.8, 4) is 0 Å². The first-order chi connectivity index (χ1) is 32.0. The van der Waals surface area contributed by atoms with Crippen molar-refractivity contribution in [3.05, 3.63) is 60.8 Å². The van der Waals surface area contributed by atoms with Crippen LogP contribution in [0.2, 0.25) is 0 Å². The van der Waals surface area contributed by atoms with E-state index in [1.807, 2.05) is 0 Å². The van der Waals surface area contributed by atoms with Gasteiger partial charge in [-0.05, 0) is 109 Å². The van der Waals surface area contributed by atoms with E-state index in [0.29, 0.717) is 19.3 Å². The summed E-state index contributed by atoms with van der Waals surface area (Å²) >= 11 is 0. The van der Waals surface area contributed by atoms with Gasteiger partial charge in [0.05, 0.1) is 0 Å². The first-order valence-electron chi connectivity index (χ1n) is 27.8. The number of hydrogen-bond donors (Lipinski definition) is 0. The number of allylic oxidation sites excluding steroid dienone is 10. The molecule has 0 bridgehead atoms. The zero-order chi connectivity index (χ0) is 47.2. The minimum Gasteiger partial charge on any atom is -0.462 e. The molecule has 0 unspecified atom stereocenters. The molecule has 0 aromatic heterocycles. The normalized spacial score (nSPS) is 12.5. The molecule has 65 heavy (non-hydrogen) atoms. The van der Waals surface area contributed by atoms with Gasteiger partial charge in [0.25, 0.3) is 0 Å². The highest BCUT2D eigenvalue weighted by Gasteiger charge is 2.19. The van der Waals surface area contributed by atoms with Crippen LogP contribution in [0.5, 0.6) is 0 Å². The van der Waals surface area contributed by atoms with Crippen LogP contribution in [0.3, 0.4) is 0 Å². The highest BCUT2D eigenvalue weighted by Crippen LogP contribution is 2.14. The number of rotatable bonds is 50. The van der Waals surface area contributed by atoms with Crippen molar-refractivity contribution >= 4 is 17.9 Å². The molecule has 0 aromatic carbocycles. The Morgan fingerprint density at radius 1 is 0.308 bits per heavy atom. The van der Waals surface area contributed by atoms with Crippen LogP contribution in [0.1, 0.15) is 278 Å². The van der Waals surface area contributed by atoms with Crippen LogP contribution in [-0.4, -0.2) is 37.2 Å². The SMILES string of the molecule is CCCCC/C=C\C/C=C\CCCCCCCCCC(=O)OC[C@H](COC(=O)CCCCCCC/C=C\CCCCCCCC)OC(=O)CCCCCCC/C=C\C/C=C\CCCCC. The summed E-state index contributed by atoms with van der Waals surface area (Å²) in [6.07, 6.45) is 66.3. The van der Waals surface area contributed by atoms with Gasteiger partial charge in [-0.15, -0.1) is 0 Å². The molecule has 0 aliphatic carbocycles. The van der Waals surface area contributed by atoms with Gasteiger partial charge in [0.15, 0.2) is 6.10 Å². The standard InChI is InChI=1S/C59H104O6/c1-4-7-10-13-16-19-22-25-28-29-32-34-37-40-43-46-49-52-58(61)64-55-56(65-59(62)53-50-47-44-41-38-35-31-27-24-21-18-15-12-9-6-3)54-63-57(60)51-48-45-42-39-36-33-30-26-23-20-17-14-11-8-5-2/h16,18-19,21,25-28,30-31,56H,4-15,17,20,22-24,29,32-55H2,1-3H3/b19-16-,21-18-,28-25-,30-26-,31-27-/t56-/m0/s1. The maximum absolute atomic E-state index is 12.8. The topological polar surface area (TPSA) is 78.9 Å². The first-order valence-corrected chi connectivity index (χ1v) is 27.8. The second-order valence-electron chi connectivity index (χ2n) is 18.5. The molecule has 0 rings (SSSR count). The van der Waals surface area contributed by atoms with Gasteiger partial charge in [-0.1, -0.05) is 210 Å². The minimum absolute atomic E-state index is 0.0862. The fourth-order valence-electron chi connectivity index (χ4n) is 7.73. The molecular weight excluding hydrogens is 805 g/mol. The molecule has 0 amide bonds. The third kappa shape index (κ3) is 51.9. The summed E-state index contributed by atoms with van der Waals surface area (Å²) in [6.45, 7) is 6.57. The summed E-state index contributed by atoms with van der Waals surface area (Å²) in [7, 11) is 0. The van der Waals surface area contributed by atoms with E-state index in [1.165, 1.54) is 135 Å². The third-order valence-electron chi connectivity index (χ3n) is 12.0. The highest BCUT2D eigenvalue weighted by molar-refractivity contribution is 5.71. The van der Waals surface area contributed by atoms with Crippen molar-refractivity contribution in [2.75, 3.05) is 13.2 Å². The van der Waals surface area contributed by atoms with Crippen LogP contribution >= 0.6 is 0 Å². The maximum Gasteiger partial charge on any atom is 0.306 e. The molecule has 1 atom stereocenters. The number of ether oxygens (including phenoxy) is 3. The fraction of sp³-hybridized carbons (Fsp3) is 0.780. The summed E-state index contributed by atoms with van der Waals surface area (Å²) in [5, 5.41) is 0. The quantitative estimate of drug-likeness (QED) is 0.0262. The fourth-order valence-corrected chi connectivity index (χ4v) is 7.73. The van der Waals surface area contributed by atoms with E-state index >= 15 is 0 Å². The Hall–Kier alpha value is -2.89. The Bertz CT molecular complexity index is 1180. The first kappa shape index (κ1) is 62.1. The molecule has 0 fully saturated rings. The smallest absolute Gasteiger partial charge is 0.306 e. The molecule has 0 N–H and O–H groups in total. The zero-order valence-corrected chi connectivity index (χ0v) is 43.0. The van der Waals surface area contributed by atoms with Gasteiger partial charge in [-0.25, -0.2) is 0 Å². The lowest BCUT2D eigenvalue weighted by Gasteiger charge is -2.18.